The molecule has 1 fully saturated rings. The van der Waals surface area contributed by atoms with Crippen LogP contribution in [0.2, 0.25) is 0 Å². The van der Waals surface area contributed by atoms with Crippen LogP contribution in [0.3, 0.4) is 0 Å². The van der Waals surface area contributed by atoms with Crippen molar-refractivity contribution in [3.05, 3.63) is 71.8 Å². The summed E-state index contributed by atoms with van der Waals surface area (Å²) < 4.78 is 0. The Balaban J connectivity index is 1.85. The molecular weight excluding hydrogens is 282 g/mol. The van der Waals surface area contributed by atoms with Gasteiger partial charge in [0.1, 0.15) is 0 Å². The van der Waals surface area contributed by atoms with E-state index in [1.807, 2.05) is 36.4 Å². The van der Waals surface area contributed by atoms with Crippen molar-refractivity contribution in [2.24, 2.45) is 0 Å². The molecule has 120 valence electrons. The zero-order valence-electron chi connectivity index (χ0n) is 13.8. The van der Waals surface area contributed by atoms with E-state index in [2.05, 4.69) is 36.5 Å². The fourth-order valence-electron chi connectivity index (χ4n) is 3.79. The topological polar surface area (TPSA) is 29.1 Å². The van der Waals surface area contributed by atoms with E-state index in [1.54, 1.807) is 0 Å². The number of amides is 1. The molecule has 1 amide bonds. The second kappa shape index (κ2) is 6.99. The summed E-state index contributed by atoms with van der Waals surface area (Å²) in [4.78, 5) is 13.2. The molecule has 0 bridgehead atoms. The lowest BCUT2D eigenvalue weighted by Gasteiger charge is -2.31. The standard InChI is InChI=1S/C21H25NO/c1-2-19(17-11-5-3-6-12-17)22-20(23)21(15-9-10-16-21)18-13-7-4-8-14-18/h3-8,11-14,19H,2,9-10,15-16H2,1H3,(H,22,23)/t19-/m0/s1. The lowest BCUT2D eigenvalue weighted by molar-refractivity contribution is -0.127. The third-order valence-corrected chi connectivity index (χ3v) is 5.13. The van der Waals surface area contributed by atoms with Crippen LogP contribution >= 0.6 is 0 Å². The number of carbonyl (C=O) groups is 1. The smallest absolute Gasteiger partial charge is 0.231 e. The van der Waals surface area contributed by atoms with Crippen molar-refractivity contribution in [2.75, 3.05) is 0 Å². The minimum Gasteiger partial charge on any atom is -0.349 e. The van der Waals surface area contributed by atoms with Gasteiger partial charge in [0.05, 0.1) is 11.5 Å². The van der Waals surface area contributed by atoms with E-state index in [0.29, 0.717) is 0 Å². The van der Waals surface area contributed by atoms with Crippen molar-refractivity contribution in [1.82, 2.24) is 5.32 Å². The first-order valence-corrected chi connectivity index (χ1v) is 8.68. The van der Waals surface area contributed by atoms with Gasteiger partial charge in [0.25, 0.3) is 0 Å². The number of hydrogen-bond donors (Lipinski definition) is 1. The molecule has 2 aromatic carbocycles. The largest absolute Gasteiger partial charge is 0.349 e. The number of nitrogens with one attached hydrogen (secondary N) is 1. The summed E-state index contributed by atoms with van der Waals surface area (Å²) in [5.74, 6) is 0.192. The molecule has 0 saturated heterocycles. The lowest BCUT2D eigenvalue weighted by Crippen LogP contribution is -2.44. The molecule has 0 aliphatic heterocycles. The second-order valence-electron chi connectivity index (χ2n) is 6.50. The first-order valence-electron chi connectivity index (χ1n) is 8.68. The van der Waals surface area contributed by atoms with Gasteiger partial charge in [-0.05, 0) is 30.4 Å². The minimum atomic E-state index is -0.344. The summed E-state index contributed by atoms with van der Waals surface area (Å²) >= 11 is 0. The molecule has 0 aromatic heterocycles. The zero-order valence-corrected chi connectivity index (χ0v) is 13.8. The molecule has 0 radical (unpaired) electrons. The highest BCUT2D eigenvalue weighted by Gasteiger charge is 2.43. The Labute approximate surface area is 138 Å². The fourth-order valence-corrected chi connectivity index (χ4v) is 3.79. The maximum atomic E-state index is 13.2. The Kier molecular flexibility index (Phi) is 4.80. The van der Waals surface area contributed by atoms with Gasteiger partial charge in [0.2, 0.25) is 5.91 Å². The highest BCUT2D eigenvalue weighted by Crippen LogP contribution is 2.41. The van der Waals surface area contributed by atoms with Gasteiger partial charge in [-0.3, -0.25) is 4.79 Å². The first kappa shape index (κ1) is 15.8. The van der Waals surface area contributed by atoms with Crippen molar-refractivity contribution >= 4 is 5.91 Å². The Morgan fingerprint density at radius 2 is 1.57 bits per heavy atom. The molecule has 0 spiro atoms. The Bertz CT molecular complexity index is 629. The van der Waals surface area contributed by atoms with Crippen LogP contribution < -0.4 is 5.32 Å². The maximum absolute atomic E-state index is 13.2. The Morgan fingerprint density at radius 3 is 2.13 bits per heavy atom. The molecule has 3 rings (SSSR count). The Morgan fingerprint density at radius 1 is 1.00 bits per heavy atom. The molecule has 2 nitrogen and oxygen atoms in total. The number of rotatable bonds is 5. The van der Waals surface area contributed by atoms with Crippen LogP contribution in [0.5, 0.6) is 0 Å². The van der Waals surface area contributed by atoms with Gasteiger partial charge in [-0.25, -0.2) is 0 Å². The summed E-state index contributed by atoms with van der Waals surface area (Å²) in [7, 11) is 0. The van der Waals surface area contributed by atoms with Crippen molar-refractivity contribution in [2.45, 2.75) is 50.5 Å². The van der Waals surface area contributed by atoms with Gasteiger partial charge in [-0.2, -0.15) is 0 Å². The predicted molar refractivity (Wildman–Crippen MR) is 94.2 cm³/mol. The lowest BCUT2D eigenvalue weighted by atomic mass is 9.77. The molecule has 2 aromatic rings. The van der Waals surface area contributed by atoms with Crippen LogP contribution in [0, 0.1) is 0 Å². The fraction of sp³-hybridized carbons (Fsp3) is 0.381. The Hall–Kier alpha value is -2.09. The average molecular weight is 307 g/mol. The average Bonchev–Trinajstić information content (AvgIpc) is 3.12. The minimum absolute atomic E-state index is 0.0879. The van der Waals surface area contributed by atoms with Crippen LogP contribution in [0.1, 0.15) is 56.2 Å². The molecule has 0 unspecified atom stereocenters. The van der Waals surface area contributed by atoms with Gasteiger partial charge in [-0.15, -0.1) is 0 Å². The van der Waals surface area contributed by atoms with E-state index in [9.17, 15) is 4.79 Å². The van der Waals surface area contributed by atoms with E-state index in [-0.39, 0.29) is 17.4 Å². The predicted octanol–water partition coefficient (Wildman–Crippen LogP) is 4.77. The SMILES string of the molecule is CC[C@H](NC(=O)C1(c2ccccc2)CCCC1)c1ccccc1. The summed E-state index contributed by atoms with van der Waals surface area (Å²) in [6, 6.07) is 20.7. The quantitative estimate of drug-likeness (QED) is 0.847. The van der Waals surface area contributed by atoms with E-state index >= 15 is 0 Å². The van der Waals surface area contributed by atoms with Crippen molar-refractivity contribution in [3.63, 3.8) is 0 Å². The highest BCUT2D eigenvalue weighted by molar-refractivity contribution is 5.89. The zero-order chi connectivity index (χ0) is 16.1. The summed E-state index contributed by atoms with van der Waals surface area (Å²) in [5, 5.41) is 3.33. The molecule has 0 heterocycles. The summed E-state index contributed by atoms with van der Waals surface area (Å²) in [5.41, 5.74) is 2.01. The summed E-state index contributed by atoms with van der Waals surface area (Å²) in [6.07, 6.45) is 5.07. The molecule has 1 aliphatic carbocycles. The normalized spacial score (nSPS) is 17.6. The van der Waals surface area contributed by atoms with E-state index in [4.69, 9.17) is 0 Å². The van der Waals surface area contributed by atoms with Gasteiger partial charge in [-0.1, -0.05) is 80.4 Å². The van der Waals surface area contributed by atoms with E-state index < -0.39 is 0 Å². The second-order valence-corrected chi connectivity index (χ2v) is 6.50. The van der Waals surface area contributed by atoms with Crippen molar-refractivity contribution in [1.29, 1.82) is 0 Å². The van der Waals surface area contributed by atoms with Crippen LogP contribution in [-0.4, -0.2) is 5.91 Å². The third-order valence-electron chi connectivity index (χ3n) is 5.13. The number of carbonyl (C=O) groups excluding carboxylic acids is 1. The molecule has 1 aliphatic rings. The van der Waals surface area contributed by atoms with Crippen LogP contribution in [0.25, 0.3) is 0 Å². The van der Waals surface area contributed by atoms with E-state index in [0.717, 1.165) is 37.7 Å². The monoisotopic (exact) mass is 307 g/mol. The van der Waals surface area contributed by atoms with Crippen LogP contribution in [0.4, 0.5) is 0 Å². The van der Waals surface area contributed by atoms with Gasteiger partial charge in [0.15, 0.2) is 0 Å². The molecule has 2 heteroatoms. The molecular formula is C21H25NO. The first-order chi connectivity index (χ1) is 11.3. The van der Waals surface area contributed by atoms with Gasteiger partial charge >= 0.3 is 0 Å². The third kappa shape index (κ3) is 3.17. The van der Waals surface area contributed by atoms with Gasteiger partial charge < -0.3 is 5.32 Å². The highest BCUT2D eigenvalue weighted by atomic mass is 16.2. The molecule has 23 heavy (non-hydrogen) atoms. The summed E-state index contributed by atoms with van der Waals surface area (Å²) in [6.45, 7) is 2.13. The van der Waals surface area contributed by atoms with Crippen LogP contribution in [0.15, 0.2) is 60.7 Å². The van der Waals surface area contributed by atoms with Crippen LogP contribution in [-0.2, 0) is 10.2 Å². The van der Waals surface area contributed by atoms with E-state index in [1.165, 1.54) is 5.56 Å². The molecule has 1 N–H and O–H groups in total. The number of hydrogen-bond acceptors (Lipinski definition) is 1. The maximum Gasteiger partial charge on any atom is 0.231 e. The van der Waals surface area contributed by atoms with Crippen molar-refractivity contribution in [3.8, 4) is 0 Å². The van der Waals surface area contributed by atoms with Crippen molar-refractivity contribution < 1.29 is 4.79 Å². The molecule has 1 saturated carbocycles. The number of benzene rings is 2. The van der Waals surface area contributed by atoms with Gasteiger partial charge in [0, 0.05) is 0 Å². The molecule has 1 atom stereocenters.